The maximum absolute atomic E-state index is 10.5. The molecule has 2 rings (SSSR count). The Balaban J connectivity index is 2.10. The topological polar surface area (TPSA) is 55.8 Å². The van der Waals surface area contributed by atoms with Crippen LogP contribution in [0.15, 0.2) is 12.1 Å². The summed E-state index contributed by atoms with van der Waals surface area (Å²) < 4.78 is 11.1. The van der Waals surface area contributed by atoms with Gasteiger partial charge in [0.05, 0.1) is 18.2 Å². The Morgan fingerprint density at radius 2 is 2.11 bits per heavy atom. The summed E-state index contributed by atoms with van der Waals surface area (Å²) in [5, 5.41) is 9.13. The maximum atomic E-state index is 10.5. The molecule has 0 unspecified atom stereocenters. The third kappa shape index (κ3) is 3.29. The lowest BCUT2D eigenvalue weighted by atomic mass is 10.1. The van der Waals surface area contributed by atoms with Crippen molar-refractivity contribution in [2.45, 2.75) is 25.7 Å². The molecule has 1 N–H and O–H groups in total. The van der Waals surface area contributed by atoms with Crippen LogP contribution in [0.1, 0.15) is 24.8 Å². The van der Waals surface area contributed by atoms with Gasteiger partial charge in [-0.1, -0.05) is 11.6 Å². The van der Waals surface area contributed by atoms with E-state index in [-0.39, 0.29) is 6.42 Å². The lowest BCUT2D eigenvalue weighted by molar-refractivity contribution is -0.137. The average Bonchev–Trinajstić information content (AvgIpc) is 2.54. The molecule has 98 valence electrons. The first kappa shape index (κ1) is 13.0. The van der Waals surface area contributed by atoms with Crippen LogP contribution in [0.3, 0.4) is 0 Å². The summed E-state index contributed by atoms with van der Waals surface area (Å²) in [5.74, 6) is 0.469. The summed E-state index contributed by atoms with van der Waals surface area (Å²) in [6.07, 6.45) is 2.25. The fourth-order valence-electron chi connectivity index (χ4n) is 1.87. The van der Waals surface area contributed by atoms with Gasteiger partial charge in [0.15, 0.2) is 11.5 Å². The molecule has 18 heavy (non-hydrogen) atoms. The van der Waals surface area contributed by atoms with Crippen LogP contribution in [0.25, 0.3) is 0 Å². The van der Waals surface area contributed by atoms with Crippen molar-refractivity contribution in [3.05, 3.63) is 22.7 Å². The number of rotatable bonds is 4. The van der Waals surface area contributed by atoms with E-state index in [1.165, 1.54) is 0 Å². The van der Waals surface area contributed by atoms with Gasteiger partial charge in [-0.05, 0) is 30.5 Å². The quantitative estimate of drug-likeness (QED) is 0.914. The molecule has 0 atom stereocenters. The Hall–Kier alpha value is -1.42. The smallest absolute Gasteiger partial charge is 0.303 e. The van der Waals surface area contributed by atoms with Crippen molar-refractivity contribution in [2.24, 2.45) is 0 Å². The summed E-state index contributed by atoms with van der Waals surface area (Å²) in [5.41, 5.74) is 0.977. The Morgan fingerprint density at radius 1 is 1.33 bits per heavy atom. The highest BCUT2D eigenvalue weighted by Crippen LogP contribution is 2.38. The predicted octanol–water partition coefficient (Wildman–Crippen LogP) is 2.91. The van der Waals surface area contributed by atoms with Gasteiger partial charge in [0.25, 0.3) is 0 Å². The summed E-state index contributed by atoms with van der Waals surface area (Å²) in [6, 6.07) is 3.70. The first-order valence-corrected chi connectivity index (χ1v) is 6.34. The van der Waals surface area contributed by atoms with Gasteiger partial charge in [0.2, 0.25) is 0 Å². The largest absolute Gasteiger partial charge is 0.489 e. The van der Waals surface area contributed by atoms with Crippen LogP contribution >= 0.6 is 11.6 Å². The number of carboxylic acids is 1. The van der Waals surface area contributed by atoms with Crippen molar-refractivity contribution in [3.8, 4) is 11.5 Å². The highest BCUT2D eigenvalue weighted by molar-refractivity contribution is 6.32. The van der Waals surface area contributed by atoms with E-state index < -0.39 is 5.97 Å². The second kappa shape index (κ2) is 5.96. The molecule has 0 fully saturated rings. The van der Waals surface area contributed by atoms with Crippen molar-refractivity contribution in [2.75, 3.05) is 13.2 Å². The van der Waals surface area contributed by atoms with Crippen LogP contribution in [0.2, 0.25) is 5.02 Å². The zero-order chi connectivity index (χ0) is 13.0. The Labute approximate surface area is 110 Å². The molecule has 1 aromatic rings. The van der Waals surface area contributed by atoms with Crippen LogP contribution < -0.4 is 9.47 Å². The second-order valence-electron chi connectivity index (χ2n) is 4.20. The number of aryl methyl sites for hydroxylation is 1. The maximum Gasteiger partial charge on any atom is 0.303 e. The van der Waals surface area contributed by atoms with Gasteiger partial charge >= 0.3 is 5.97 Å². The molecule has 1 heterocycles. The molecule has 0 aromatic heterocycles. The lowest BCUT2D eigenvalue weighted by Crippen LogP contribution is -1.97. The Kier molecular flexibility index (Phi) is 4.31. The third-order valence-corrected chi connectivity index (χ3v) is 3.00. The zero-order valence-corrected chi connectivity index (χ0v) is 10.7. The molecule has 0 bridgehead atoms. The fraction of sp³-hybridized carbons (Fsp3) is 0.462. The van der Waals surface area contributed by atoms with E-state index in [4.69, 9.17) is 26.2 Å². The fourth-order valence-corrected chi connectivity index (χ4v) is 2.16. The zero-order valence-electron chi connectivity index (χ0n) is 9.95. The van der Waals surface area contributed by atoms with Crippen molar-refractivity contribution < 1.29 is 19.4 Å². The molecular weight excluding hydrogens is 256 g/mol. The Morgan fingerprint density at radius 3 is 2.89 bits per heavy atom. The van der Waals surface area contributed by atoms with Crippen molar-refractivity contribution in [1.82, 2.24) is 0 Å². The van der Waals surface area contributed by atoms with Crippen LogP contribution in [0.4, 0.5) is 0 Å². The van der Waals surface area contributed by atoms with Gasteiger partial charge in [-0.25, -0.2) is 0 Å². The molecule has 1 aliphatic heterocycles. The van der Waals surface area contributed by atoms with E-state index >= 15 is 0 Å². The van der Waals surface area contributed by atoms with E-state index in [0.29, 0.717) is 42.6 Å². The van der Waals surface area contributed by atoms with E-state index in [9.17, 15) is 4.79 Å². The lowest BCUT2D eigenvalue weighted by Gasteiger charge is -2.11. The molecule has 0 saturated carbocycles. The molecule has 4 nitrogen and oxygen atoms in total. The second-order valence-corrected chi connectivity index (χ2v) is 4.61. The molecule has 1 aromatic carbocycles. The van der Waals surface area contributed by atoms with Crippen LogP contribution in [0.5, 0.6) is 11.5 Å². The van der Waals surface area contributed by atoms with Crippen molar-refractivity contribution >= 4 is 17.6 Å². The van der Waals surface area contributed by atoms with E-state index in [2.05, 4.69) is 0 Å². The number of hydrogen-bond donors (Lipinski definition) is 1. The number of carbonyl (C=O) groups is 1. The van der Waals surface area contributed by atoms with Gasteiger partial charge in [-0.15, -0.1) is 0 Å². The van der Waals surface area contributed by atoms with Gasteiger partial charge in [0.1, 0.15) is 0 Å². The molecule has 0 amide bonds. The highest BCUT2D eigenvalue weighted by Gasteiger charge is 2.15. The van der Waals surface area contributed by atoms with E-state index in [1.54, 1.807) is 0 Å². The molecule has 0 saturated heterocycles. The average molecular weight is 271 g/mol. The van der Waals surface area contributed by atoms with Crippen molar-refractivity contribution in [1.29, 1.82) is 0 Å². The van der Waals surface area contributed by atoms with Gasteiger partial charge < -0.3 is 14.6 Å². The van der Waals surface area contributed by atoms with Crippen LogP contribution in [0, 0.1) is 0 Å². The Bertz CT molecular complexity index is 445. The number of benzene rings is 1. The molecule has 1 aliphatic rings. The first-order valence-electron chi connectivity index (χ1n) is 5.96. The van der Waals surface area contributed by atoms with Gasteiger partial charge in [0, 0.05) is 12.8 Å². The molecule has 5 heteroatoms. The first-order chi connectivity index (χ1) is 8.66. The van der Waals surface area contributed by atoms with Crippen LogP contribution in [-0.2, 0) is 11.2 Å². The summed E-state index contributed by atoms with van der Waals surface area (Å²) in [4.78, 5) is 10.5. The minimum atomic E-state index is -0.782. The van der Waals surface area contributed by atoms with Gasteiger partial charge in [-0.3, -0.25) is 4.79 Å². The summed E-state index contributed by atoms with van der Waals surface area (Å²) in [6.45, 7) is 1.22. The van der Waals surface area contributed by atoms with E-state index in [0.717, 1.165) is 12.0 Å². The molecule has 0 radical (unpaired) electrons. The SMILES string of the molecule is O=C(O)CCCc1cc(Cl)c2c(c1)OCCCO2. The highest BCUT2D eigenvalue weighted by atomic mass is 35.5. The standard InChI is InChI=1S/C13H15ClO4/c14-10-7-9(3-1-4-12(15)16)8-11-13(10)18-6-2-5-17-11/h7-8H,1-6H2,(H,15,16). The number of hydrogen-bond acceptors (Lipinski definition) is 3. The summed E-state index contributed by atoms with van der Waals surface area (Å²) >= 11 is 6.14. The number of halogens is 1. The predicted molar refractivity (Wildman–Crippen MR) is 67.6 cm³/mol. The number of ether oxygens (including phenoxy) is 2. The minimum Gasteiger partial charge on any atom is -0.489 e. The molecular formula is C13H15ClO4. The van der Waals surface area contributed by atoms with E-state index in [1.807, 2.05) is 12.1 Å². The molecule has 0 spiro atoms. The number of aliphatic carboxylic acids is 1. The number of carboxylic acid groups (broad SMARTS) is 1. The minimum absolute atomic E-state index is 0.159. The normalized spacial score (nSPS) is 14.1. The third-order valence-electron chi connectivity index (χ3n) is 2.72. The van der Waals surface area contributed by atoms with Gasteiger partial charge in [-0.2, -0.15) is 0 Å². The summed E-state index contributed by atoms with van der Waals surface area (Å²) in [7, 11) is 0. The van der Waals surface area contributed by atoms with Crippen molar-refractivity contribution in [3.63, 3.8) is 0 Å². The van der Waals surface area contributed by atoms with Crippen LogP contribution in [-0.4, -0.2) is 24.3 Å². The molecule has 0 aliphatic carbocycles. The monoisotopic (exact) mass is 270 g/mol. The number of fused-ring (bicyclic) bond motifs is 1.